The van der Waals surface area contributed by atoms with Crippen LogP contribution in [0.4, 0.5) is 0 Å². The fourth-order valence-electron chi connectivity index (χ4n) is 3.63. The van der Waals surface area contributed by atoms with Crippen LogP contribution in [0.2, 0.25) is 0 Å². The van der Waals surface area contributed by atoms with Crippen LogP contribution in [0.5, 0.6) is 0 Å². The molecule has 8 nitrogen and oxygen atoms in total. The van der Waals surface area contributed by atoms with Gasteiger partial charge in [-0.05, 0) is 0 Å². The maximum absolute atomic E-state index is 11.7. The highest BCUT2D eigenvalue weighted by Gasteiger charge is 2.48. The van der Waals surface area contributed by atoms with Gasteiger partial charge in [-0.1, -0.05) is 30.3 Å². The van der Waals surface area contributed by atoms with Gasteiger partial charge in [0, 0.05) is 30.7 Å². The van der Waals surface area contributed by atoms with E-state index in [0.717, 1.165) is 5.56 Å². The Hall–Kier alpha value is -1.49. The SMILES string of the molecule is O=C1CCC(=O)N1CCSC1OC2COC(c3ccccc3)OC2C(O)C1O. The molecule has 6 unspecified atom stereocenters. The van der Waals surface area contributed by atoms with Crippen LogP contribution < -0.4 is 0 Å². The van der Waals surface area contributed by atoms with E-state index in [-0.39, 0.29) is 37.8 Å². The van der Waals surface area contributed by atoms with E-state index in [2.05, 4.69) is 0 Å². The van der Waals surface area contributed by atoms with Gasteiger partial charge in [0.15, 0.2) is 6.29 Å². The second-order valence-corrected chi connectivity index (χ2v) is 8.22. The van der Waals surface area contributed by atoms with E-state index in [0.29, 0.717) is 5.75 Å². The molecule has 4 rings (SSSR count). The standard InChI is InChI=1S/C19H23NO7S/c21-13-6-7-14(22)20(13)8-9-28-19-16(24)15(23)17-12(26-19)10-25-18(27-17)11-4-2-1-3-5-11/h1-5,12,15-19,23-24H,6-10H2. The summed E-state index contributed by atoms with van der Waals surface area (Å²) in [6.45, 7) is 0.496. The second kappa shape index (κ2) is 8.48. The Morgan fingerprint density at radius 3 is 2.46 bits per heavy atom. The van der Waals surface area contributed by atoms with Gasteiger partial charge in [-0.3, -0.25) is 14.5 Å². The number of aliphatic hydroxyl groups is 2. The Morgan fingerprint density at radius 2 is 1.75 bits per heavy atom. The lowest BCUT2D eigenvalue weighted by Gasteiger charge is -2.46. The highest BCUT2D eigenvalue weighted by molar-refractivity contribution is 7.99. The molecule has 0 spiro atoms. The summed E-state index contributed by atoms with van der Waals surface area (Å²) < 4.78 is 17.5. The van der Waals surface area contributed by atoms with Crippen LogP contribution in [0.1, 0.15) is 24.7 Å². The zero-order valence-electron chi connectivity index (χ0n) is 15.2. The minimum atomic E-state index is -1.15. The van der Waals surface area contributed by atoms with E-state index in [1.807, 2.05) is 30.3 Å². The van der Waals surface area contributed by atoms with E-state index in [1.165, 1.54) is 16.7 Å². The fourth-order valence-corrected chi connectivity index (χ4v) is 4.73. The number of benzene rings is 1. The van der Waals surface area contributed by atoms with Crippen LogP contribution in [-0.2, 0) is 23.8 Å². The number of hydrogen-bond donors (Lipinski definition) is 2. The number of carbonyl (C=O) groups excluding carboxylic acids is 2. The van der Waals surface area contributed by atoms with Crippen molar-refractivity contribution in [3.05, 3.63) is 35.9 Å². The molecule has 3 fully saturated rings. The normalized spacial score (nSPS) is 35.9. The minimum Gasteiger partial charge on any atom is -0.387 e. The Bertz CT molecular complexity index is 699. The van der Waals surface area contributed by atoms with Crippen molar-refractivity contribution in [1.82, 2.24) is 4.90 Å². The van der Waals surface area contributed by atoms with Crippen molar-refractivity contribution in [3.63, 3.8) is 0 Å². The fraction of sp³-hybridized carbons (Fsp3) is 0.579. The monoisotopic (exact) mass is 409 g/mol. The number of ether oxygens (including phenoxy) is 3. The second-order valence-electron chi connectivity index (χ2n) is 7.01. The molecule has 6 atom stereocenters. The minimum absolute atomic E-state index is 0.170. The molecule has 3 aliphatic rings. The molecule has 1 aromatic rings. The molecule has 0 aromatic heterocycles. The number of likely N-dealkylation sites (tertiary alicyclic amines) is 1. The molecule has 0 aliphatic carbocycles. The zero-order chi connectivity index (χ0) is 19.7. The van der Waals surface area contributed by atoms with Crippen molar-refractivity contribution >= 4 is 23.6 Å². The first-order valence-electron chi connectivity index (χ1n) is 9.33. The number of hydrogen-bond acceptors (Lipinski definition) is 8. The predicted octanol–water partition coefficient (Wildman–Crippen LogP) is 0.429. The molecule has 2 amide bonds. The molecule has 3 aliphatic heterocycles. The van der Waals surface area contributed by atoms with Gasteiger partial charge >= 0.3 is 0 Å². The molecule has 1 aromatic carbocycles. The first kappa shape index (κ1) is 19.8. The van der Waals surface area contributed by atoms with Gasteiger partial charge in [0.05, 0.1) is 6.61 Å². The summed E-state index contributed by atoms with van der Waals surface area (Å²) in [5.41, 5.74) is 0.142. The van der Waals surface area contributed by atoms with E-state index >= 15 is 0 Å². The van der Waals surface area contributed by atoms with Crippen molar-refractivity contribution in [3.8, 4) is 0 Å². The lowest BCUT2D eigenvalue weighted by atomic mass is 9.99. The molecule has 3 saturated heterocycles. The summed E-state index contributed by atoms with van der Waals surface area (Å²) in [6, 6.07) is 9.38. The van der Waals surface area contributed by atoms with Crippen LogP contribution >= 0.6 is 11.8 Å². The first-order chi connectivity index (χ1) is 13.5. The third kappa shape index (κ3) is 3.96. The van der Waals surface area contributed by atoms with Crippen LogP contribution in [-0.4, -0.2) is 75.7 Å². The first-order valence-corrected chi connectivity index (χ1v) is 10.4. The molecular formula is C19H23NO7S. The topological polar surface area (TPSA) is 106 Å². The number of amides is 2. The van der Waals surface area contributed by atoms with Crippen molar-refractivity contribution in [2.24, 2.45) is 0 Å². The van der Waals surface area contributed by atoms with Crippen molar-refractivity contribution < 1.29 is 34.0 Å². The summed E-state index contributed by atoms with van der Waals surface area (Å²) in [7, 11) is 0. The predicted molar refractivity (Wildman–Crippen MR) is 99.1 cm³/mol. The van der Waals surface area contributed by atoms with E-state index in [4.69, 9.17) is 14.2 Å². The third-order valence-electron chi connectivity index (χ3n) is 5.16. The van der Waals surface area contributed by atoms with Gasteiger partial charge in [0.25, 0.3) is 0 Å². The van der Waals surface area contributed by atoms with Crippen LogP contribution in [0.15, 0.2) is 30.3 Å². The quantitative estimate of drug-likeness (QED) is 0.675. The Kier molecular flexibility index (Phi) is 6.00. The summed E-state index contributed by atoms with van der Waals surface area (Å²) in [4.78, 5) is 24.6. The van der Waals surface area contributed by atoms with Crippen LogP contribution in [0.25, 0.3) is 0 Å². The molecule has 9 heteroatoms. The average molecular weight is 409 g/mol. The molecule has 28 heavy (non-hydrogen) atoms. The van der Waals surface area contributed by atoms with Gasteiger partial charge in [-0.25, -0.2) is 0 Å². The number of carbonyl (C=O) groups is 2. The van der Waals surface area contributed by atoms with Crippen molar-refractivity contribution in [2.45, 2.75) is 49.0 Å². The van der Waals surface area contributed by atoms with Gasteiger partial charge in [-0.15, -0.1) is 11.8 Å². The molecule has 0 radical (unpaired) electrons. The third-order valence-corrected chi connectivity index (χ3v) is 6.29. The number of nitrogens with zero attached hydrogens (tertiary/aromatic N) is 1. The summed E-state index contributed by atoms with van der Waals surface area (Å²) in [6.07, 6.45) is -3.59. The molecular weight excluding hydrogens is 386 g/mol. The molecule has 152 valence electrons. The molecule has 0 bridgehead atoms. The zero-order valence-corrected chi connectivity index (χ0v) is 16.0. The summed E-state index contributed by atoms with van der Waals surface area (Å²) >= 11 is 1.26. The van der Waals surface area contributed by atoms with Gasteiger partial charge in [-0.2, -0.15) is 0 Å². The van der Waals surface area contributed by atoms with E-state index in [9.17, 15) is 19.8 Å². The van der Waals surface area contributed by atoms with E-state index in [1.54, 1.807) is 0 Å². The van der Waals surface area contributed by atoms with Crippen LogP contribution in [0, 0.1) is 0 Å². The van der Waals surface area contributed by atoms with Gasteiger partial charge in [0.1, 0.15) is 29.9 Å². The summed E-state index contributed by atoms with van der Waals surface area (Å²) in [5.74, 6) is 0.0752. The number of thioether (sulfide) groups is 1. The van der Waals surface area contributed by atoms with Crippen LogP contribution in [0.3, 0.4) is 0 Å². The molecule has 0 saturated carbocycles. The highest BCUT2D eigenvalue weighted by Crippen LogP contribution is 2.36. The van der Waals surface area contributed by atoms with Crippen molar-refractivity contribution in [1.29, 1.82) is 0 Å². The molecule has 3 heterocycles. The molecule has 2 N–H and O–H groups in total. The lowest BCUT2D eigenvalue weighted by Crippen LogP contribution is -2.61. The van der Waals surface area contributed by atoms with Gasteiger partial charge in [0.2, 0.25) is 11.8 Å². The number of imide groups is 1. The number of rotatable bonds is 5. The lowest BCUT2D eigenvalue weighted by molar-refractivity contribution is -0.318. The Balaban J connectivity index is 1.33. The Labute approximate surface area is 166 Å². The average Bonchev–Trinajstić information content (AvgIpc) is 3.04. The largest absolute Gasteiger partial charge is 0.387 e. The number of fused-ring (bicyclic) bond motifs is 1. The maximum atomic E-state index is 11.7. The van der Waals surface area contributed by atoms with E-state index < -0.39 is 36.1 Å². The summed E-state index contributed by atoms with van der Waals surface area (Å²) in [5, 5.41) is 21.0. The maximum Gasteiger partial charge on any atom is 0.229 e. The van der Waals surface area contributed by atoms with Crippen molar-refractivity contribution in [2.75, 3.05) is 18.9 Å². The smallest absolute Gasteiger partial charge is 0.229 e. The Morgan fingerprint density at radius 1 is 1.04 bits per heavy atom. The van der Waals surface area contributed by atoms with Gasteiger partial charge < -0.3 is 24.4 Å². The number of aliphatic hydroxyl groups excluding tert-OH is 2. The highest BCUT2D eigenvalue weighted by atomic mass is 32.2.